The first-order chi connectivity index (χ1) is 10.1. The summed E-state index contributed by atoms with van der Waals surface area (Å²) >= 11 is 3.42. The van der Waals surface area contributed by atoms with E-state index in [1.165, 1.54) is 0 Å². The van der Waals surface area contributed by atoms with E-state index in [0.29, 0.717) is 19.5 Å². The lowest BCUT2D eigenvalue weighted by molar-refractivity contribution is -0.142. The average molecular weight is 353 g/mol. The number of rotatable bonds is 4. The first kappa shape index (κ1) is 16.0. The lowest BCUT2D eigenvalue weighted by Gasteiger charge is -2.34. The van der Waals surface area contributed by atoms with Gasteiger partial charge in [0.2, 0.25) is 11.8 Å². The second-order valence-electron chi connectivity index (χ2n) is 5.30. The third-order valence-electron chi connectivity index (χ3n) is 3.78. The highest BCUT2D eigenvalue weighted by atomic mass is 79.9. The Hall–Kier alpha value is -1.36. The molecule has 1 aliphatic rings. The van der Waals surface area contributed by atoms with Crippen LogP contribution in [0.2, 0.25) is 0 Å². The van der Waals surface area contributed by atoms with Gasteiger partial charge < -0.3 is 10.2 Å². The number of nitrogens with zero attached hydrogens (tertiary/aromatic N) is 1. The predicted molar refractivity (Wildman–Crippen MR) is 85.6 cm³/mol. The highest BCUT2D eigenvalue weighted by Crippen LogP contribution is 2.18. The maximum atomic E-state index is 12.4. The third kappa shape index (κ3) is 4.30. The number of hydrogen-bond acceptors (Lipinski definition) is 2. The summed E-state index contributed by atoms with van der Waals surface area (Å²) in [5, 5.41) is 2.95. The van der Waals surface area contributed by atoms with E-state index in [2.05, 4.69) is 21.2 Å². The first-order valence-electron chi connectivity index (χ1n) is 7.43. The minimum atomic E-state index is -0.307. The zero-order valence-electron chi connectivity index (χ0n) is 12.3. The number of nitrogens with one attached hydrogen (secondary N) is 1. The Morgan fingerprint density at radius 1 is 1.38 bits per heavy atom. The average Bonchev–Trinajstić information content (AvgIpc) is 2.52. The van der Waals surface area contributed by atoms with Crippen LogP contribution in [0.15, 0.2) is 28.7 Å². The summed E-state index contributed by atoms with van der Waals surface area (Å²) in [6.07, 6.45) is 3.20. The minimum absolute atomic E-state index is 0.0449. The fraction of sp³-hybridized carbons (Fsp3) is 0.500. The molecule has 4 nitrogen and oxygen atoms in total. The van der Waals surface area contributed by atoms with Crippen LogP contribution < -0.4 is 5.32 Å². The number of halogens is 1. The van der Waals surface area contributed by atoms with E-state index in [9.17, 15) is 9.59 Å². The highest BCUT2D eigenvalue weighted by molar-refractivity contribution is 9.10. The van der Waals surface area contributed by atoms with E-state index >= 15 is 0 Å². The van der Waals surface area contributed by atoms with Crippen LogP contribution >= 0.6 is 15.9 Å². The van der Waals surface area contributed by atoms with Gasteiger partial charge in [0.05, 0.1) is 0 Å². The standard InChI is InChI=1S/C16H21BrN2O2/c1-2-15(20)19-9-4-3-8-14(19)16(21)18-11-12-6-5-7-13(17)10-12/h5-7,10,14H,2-4,8-9,11H2,1H3,(H,18,21). The van der Waals surface area contributed by atoms with Gasteiger partial charge in [-0.15, -0.1) is 0 Å². The van der Waals surface area contributed by atoms with Crippen molar-refractivity contribution in [3.8, 4) is 0 Å². The molecule has 0 aromatic heterocycles. The molecular formula is C16H21BrN2O2. The fourth-order valence-corrected chi connectivity index (χ4v) is 3.11. The summed E-state index contributed by atoms with van der Waals surface area (Å²) in [5.41, 5.74) is 1.04. The molecule has 1 fully saturated rings. The number of benzene rings is 1. The molecule has 114 valence electrons. The Morgan fingerprint density at radius 3 is 2.90 bits per heavy atom. The van der Waals surface area contributed by atoms with Gasteiger partial charge >= 0.3 is 0 Å². The van der Waals surface area contributed by atoms with Gasteiger partial charge in [0, 0.05) is 24.0 Å². The van der Waals surface area contributed by atoms with Crippen molar-refractivity contribution in [1.29, 1.82) is 0 Å². The SMILES string of the molecule is CCC(=O)N1CCCCC1C(=O)NCc1cccc(Br)c1. The van der Waals surface area contributed by atoms with Gasteiger partial charge in [0.1, 0.15) is 6.04 Å². The molecule has 1 heterocycles. The maximum Gasteiger partial charge on any atom is 0.243 e. The van der Waals surface area contributed by atoms with Gasteiger partial charge in [-0.1, -0.05) is 35.0 Å². The Bertz CT molecular complexity index is 519. The lowest BCUT2D eigenvalue weighted by atomic mass is 10.0. The van der Waals surface area contributed by atoms with Crippen LogP contribution in [0.5, 0.6) is 0 Å². The zero-order chi connectivity index (χ0) is 15.2. The van der Waals surface area contributed by atoms with Gasteiger partial charge in [-0.25, -0.2) is 0 Å². The molecule has 1 aromatic carbocycles. The van der Waals surface area contributed by atoms with Gasteiger partial charge in [0.25, 0.3) is 0 Å². The van der Waals surface area contributed by atoms with E-state index in [1.807, 2.05) is 31.2 Å². The van der Waals surface area contributed by atoms with Gasteiger partial charge in [-0.2, -0.15) is 0 Å². The molecule has 0 aliphatic carbocycles. The van der Waals surface area contributed by atoms with Gasteiger partial charge in [-0.3, -0.25) is 9.59 Å². The molecule has 1 aliphatic heterocycles. The topological polar surface area (TPSA) is 49.4 Å². The van der Waals surface area contributed by atoms with Crippen molar-refractivity contribution >= 4 is 27.7 Å². The molecule has 0 spiro atoms. The highest BCUT2D eigenvalue weighted by Gasteiger charge is 2.30. The lowest BCUT2D eigenvalue weighted by Crippen LogP contribution is -2.51. The Labute approximate surface area is 134 Å². The van der Waals surface area contributed by atoms with E-state index in [4.69, 9.17) is 0 Å². The smallest absolute Gasteiger partial charge is 0.243 e. The van der Waals surface area contributed by atoms with E-state index in [0.717, 1.165) is 29.3 Å². The fourth-order valence-electron chi connectivity index (χ4n) is 2.66. The normalized spacial score (nSPS) is 18.4. The first-order valence-corrected chi connectivity index (χ1v) is 8.22. The van der Waals surface area contributed by atoms with Gasteiger partial charge in [-0.05, 0) is 37.0 Å². The van der Waals surface area contributed by atoms with Crippen molar-refractivity contribution in [3.05, 3.63) is 34.3 Å². The van der Waals surface area contributed by atoms with Crippen LogP contribution in [0.1, 0.15) is 38.2 Å². The largest absolute Gasteiger partial charge is 0.350 e. The molecule has 1 aromatic rings. The minimum Gasteiger partial charge on any atom is -0.350 e. The molecule has 5 heteroatoms. The van der Waals surface area contributed by atoms with Gasteiger partial charge in [0.15, 0.2) is 0 Å². The molecule has 1 saturated heterocycles. The van der Waals surface area contributed by atoms with Crippen molar-refractivity contribution < 1.29 is 9.59 Å². The molecule has 0 radical (unpaired) electrons. The molecule has 1 N–H and O–H groups in total. The number of carbonyl (C=O) groups is 2. The second kappa shape index (κ2) is 7.59. The molecule has 2 amide bonds. The van der Waals surface area contributed by atoms with Crippen LogP contribution in [-0.2, 0) is 16.1 Å². The molecule has 21 heavy (non-hydrogen) atoms. The molecule has 0 bridgehead atoms. The quantitative estimate of drug-likeness (QED) is 0.905. The number of amides is 2. The Kier molecular flexibility index (Phi) is 5.79. The molecule has 0 saturated carbocycles. The number of likely N-dealkylation sites (tertiary alicyclic amines) is 1. The monoisotopic (exact) mass is 352 g/mol. The van der Waals surface area contributed by atoms with Crippen molar-refractivity contribution in [2.75, 3.05) is 6.54 Å². The molecule has 1 unspecified atom stereocenters. The Balaban J connectivity index is 1.96. The van der Waals surface area contributed by atoms with E-state index < -0.39 is 0 Å². The summed E-state index contributed by atoms with van der Waals surface area (Å²) in [6, 6.07) is 7.54. The van der Waals surface area contributed by atoms with Crippen LogP contribution in [0.25, 0.3) is 0 Å². The Morgan fingerprint density at radius 2 is 2.19 bits per heavy atom. The third-order valence-corrected chi connectivity index (χ3v) is 4.28. The summed E-state index contributed by atoms with van der Waals surface area (Å²) in [7, 11) is 0. The number of hydrogen-bond donors (Lipinski definition) is 1. The van der Waals surface area contributed by atoms with Crippen molar-refractivity contribution in [2.24, 2.45) is 0 Å². The molecular weight excluding hydrogens is 332 g/mol. The van der Waals surface area contributed by atoms with Crippen LogP contribution in [0.3, 0.4) is 0 Å². The second-order valence-corrected chi connectivity index (χ2v) is 6.22. The molecule has 1 atom stereocenters. The van der Waals surface area contributed by atoms with Crippen LogP contribution in [0.4, 0.5) is 0 Å². The predicted octanol–water partition coefficient (Wildman–Crippen LogP) is 2.86. The van der Waals surface area contributed by atoms with Crippen molar-refractivity contribution in [3.63, 3.8) is 0 Å². The summed E-state index contributed by atoms with van der Waals surface area (Å²) < 4.78 is 0.995. The molecule has 2 rings (SSSR count). The van der Waals surface area contributed by atoms with E-state index in [1.54, 1.807) is 4.90 Å². The van der Waals surface area contributed by atoms with Crippen LogP contribution in [0, 0.1) is 0 Å². The summed E-state index contributed by atoms with van der Waals surface area (Å²) in [5.74, 6) is 0.0220. The number of carbonyl (C=O) groups excluding carboxylic acids is 2. The van der Waals surface area contributed by atoms with E-state index in [-0.39, 0.29) is 17.9 Å². The zero-order valence-corrected chi connectivity index (χ0v) is 13.9. The number of piperidine rings is 1. The van der Waals surface area contributed by atoms with Crippen LogP contribution in [-0.4, -0.2) is 29.3 Å². The summed E-state index contributed by atoms with van der Waals surface area (Å²) in [4.78, 5) is 26.0. The maximum absolute atomic E-state index is 12.4. The van der Waals surface area contributed by atoms with Crippen molar-refractivity contribution in [2.45, 2.75) is 45.2 Å². The summed E-state index contributed by atoms with van der Waals surface area (Å²) in [6.45, 7) is 3.03. The van der Waals surface area contributed by atoms with Crippen molar-refractivity contribution in [1.82, 2.24) is 10.2 Å².